The Morgan fingerprint density at radius 1 is 1.31 bits per heavy atom. The zero-order valence-electron chi connectivity index (χ0n) is 17.5. The lowest BCUT2D eigenvalue weighted by Gasteiger charge is -2.28. The molecule has 0 bridgehead atoms. The lowest BCUT2D eigenvalue weighted by Crippen LogP contribution is -2.50. The molecule has 0 saturated carbocycles. The monoisotopic (exact) mass is 458 g/mol. The minimum Gasteiger partial charge on any atom is -0.497 e. The Hall–Kier alpha value is -2.80. The molecule has 168 valence electrons. The molecule has 32 heavy (non-hydrogen) atoms. The van der Waals surface area contributed by atoms with Crippen LogP contribution in [-0.2, 0) is 11.3 Å². The van der Waals surface area contributed by atoms with E-state index >= 15 is 0 Å². The van der Waals surface area contributed by atoms with E-state index in [4.69, 9.17) is 9.47 Å². The summed E-state index contributed by atoms with van der Waals surface area (Å²) in [6.45, 7) is 0.805. The second kappa shape index (κ2) is 9.36. The first-order chi connectivity index (χ1) is 15.4. The molecule has 0 aliphatic carbocycles. The van der Waals surface area contributed by atoms with Crippen LogP contribution in [0.3, 0.4) is 0 Å². The summed E-state index contributed by atoms with van der Waals surface area (Å²) < 4.78 is 26.9. The predicted octanol–water partition coefficient (Wildman–Crippen LogP) is 1.58. The number of methoxy groups -OCH3 is 1. The second-order valence-corrected chi connectivity index (χ2v) is 8.34. The zero-order valence-corrected chi connectivity index (χ0v) is 18.7. The molecule has 4 rings (SSSR count). The Kier molecular flexibility index (Phi) is 6.55. The molecule has 1 aliphatic heterocycles. The fourth-order valence-corrected chi connectivity index (χ4v) is 4.20. The van der Waals surface area contributed by atoms with Crippen LogP contribution in [0.25, 0.3) is 10.9 Å². The molecule has 7 nitrogen and oxygen atoms in total. The molecule has 3 aromatic rings. The molecule has 2 aromatic carbocycles. The Morgan fingerprint density at radius 2 is 2.06 bits per heavy atom. The molecular weight excluding hydrogens is 434 g/mol. The van der Waals surface area contributed by atoms with Crippen molar-refractivity contribution in [2.24, 2.45) is 0 Å². The number of pyridine rings is 1. The van der Waals surface area contributed by atoms with Gasteiger partial charge in [0.25, 0.3) is 5.91 Å². The quantitative estimate of drug-likeness (QED) is 0.567. The number of ether oxygens (including phenoxy) is 2. The van der Waals surface area contributed by atoms with Gasteiger partial charge in [-0.2, -0.15) is 0 Å². The molecular formula is C23H24FN2O5P. The molecule has 1 saturated heterocycles. The number of rotatable bonds is 5. The van der Waals surface area contributed by atoms with E-state index in [-0.39, 0.29) is 29.6 Å². The van der Waals surface area contributed by atoms with Gasteiger partial charge < -0.3 is 24.5 Å². The molecule has 9 heteroatoms. The van der Waals surface area contributed by atoms with E-state index in [0.29, 0.717) is 24.1 Å². The van der Waals surface area contributed by atoms with Gasteiger partial charge in [-0.1, -0.05) is 18.2 Å². The summed E-state index contributed by atoms with van der Waals surface area (Å²) in [4.78, 5) is 26.2. The molecule has 0 spiro atoms. The standard InChI is InChI=1S/C23H24FN2O5P/c1-30-14-4-2-13(3-5-14)10-26-11-15(23(29)25-17-12-31-9-8-18(17)27)22(28)20-19(32)7-6-16(24)21(20)26/h2-7,11,17-18,27H,8-10,12,32H2,1H3,(H,25,29)/t17?,18-/m0/s1. The summed E-state index contributed by atoms with van der Waals surface area (Å²) in [6.07, 6.45) is 1.00. The van der Waals surface area contributed by atoms with Crippen molar-refractivity contribution < 1.29 is 23.8 Å². The molecule has 0 radical (unpaired) electrons. The zero-order chi connectivity index (χ0) is 22.8. The first-order valence-corrected chi connectivity index (χ1v) is 10.8. The van der Waals surface area contributed by atoms with Gasteiger partial charge in [0.05, 0.1) is 36.8 Å². The normalized spacial score (nSPS) is 18.5. The van der Waals surface area contributed by atoms with Crippen LogP contribution in [0.2, 0.25) is 0 Å². The molecule has 2 N–H and O–H groups in total. The summed E-state index contributed by atoms with van der Waals surface area (Å²) >= 11 is 0. The van der Waals surface area contributed by atoms with Crippen molar-refractivity contribution in [2.45, 2.75) is 25.1 Å². The Balaban J connectivity index is 1.79. The highest BCUT2D eigenvalue weighted by Gasteiger charge is 2.27. The number of benzene rings is 2. The van der Waals surface area contributed by atoms with Crippen molar-refractivity contribution in [2.75, 3.05) is 20.3 Å². The van der Waals surface area contributed by atoms with Crippen molar-refractivity contribution in [1.29, 1.82) is 0 Å². The Morgan fingerprint density at radius 3 is 2.75 bits per heavy atom. The number of hydrogen-bond donors (Lipinski definition) is 2. The average molecular weight is 458 g/mol. The van der Waals surface area contributed by atoms with Crippen LogP contribution < -0.4 is 20.8 Å². The van der Waals surface area contributed by atoms with E-state index in [1.165, 1.54) is 18.3 Å². The predicted molar refractivity (Wildman–Crippen MR) is 122 cm³/mol. The first kappa shape index (κ1) is 22.4. The summed E-state index contributed by atoms with van der Waals surface area (Å²) in [5.41, 5.74) is 0.264. The van der Waals surface area contributed by atoms with Gasteiger partial charge in [-0.3, -0.25) is 9.59 Å². The Bertz CT molecular complexity index is 1210. The minimum absolute atomic E-state index is 0.121. The Labute approximate surface area is 186 Å². The van der Waals surface area contributed by atoms with E-state index in [0.717, 1.165) is 5.56 Å². The van der Waals surface area contributed by atoms with Gasteiger partial charge in [0.1, 0.15) is 17.1 Å². The number of fused-ring (bicyclic) bond motifs is 1. The summed E-state index contributed by atoms with van der Waals surface area (Å²) in [6, 6.07) is 9.41. The van der Waals surface area contributed by atoms with Crippen molar-refractivity contribution in [3.8, 4) is 5.75 Å². The topological polar surface area (TPSA) is 89.8 Å². The van der Waals surface area contributed by atoms with E-state index < -0.39 is 29.3 Å². The number of nitrogens with one attached hydrogen (secondary N) is 1. The number of aromatic nitrogens is 1. The first-order valence-electron chi connectivity index (χ1n) is 10.2. The number of carbonyl (C=O) groups is 1. The molecule has 3 atom stereocenters. The largest absolute Gasteiger partial charge is 0.497 e. The molecule has 1 fully saturated rings. The number of aliphatic hydroxyl groups excluding tert-OH is 1. The highest BCUT2D eigenvalue weighted by Crippen LogP contribution is 2.20. The molecule has 1 amide bonds. The summed E-state index contributed by atoms with van der Waals surface area (Å²) in [7, 11) is 4.00. The lowest BCUT2D eigenvalue weighted by atomic mass is 10.1. The second-order valence-electron chi connectivity index (χ2n) is 7.72. The SMILES string of the molecule is COc1ccc(Cn2cc(C(=O)NC3COCC[C@@H]3O)c(=O)c3c(P)ccc(F)c32)cc1. The van der Waals surface area contributed by atoms with Crippen LogP contribution >= 0.6 is 9.24 Å². The number of aliphatic hydroxyl groups is 1. The van der Waals surface area contributed by atoms with Gasteiger partial charge in [0, 0.05) is 19.3 Å². The van der Waals surface area contributed by atoms with E-state index in [2.05, 4.69) is 14.6 Å². The maximum Gasteiger partial charge on any atom is 0.257 e. The maximum atomic E-state index is 14.8. The van der Waals surface area contributed by atoms with E-state index in [9.17, 15) is 19.1 Å². The molecule has 2 unspecified atom stereocenters. The third-order valence-electron chi connectivity index (χ3n) is 5.60. The van der Waals surface area contributed by atoms with Crippen molar-refractivity contribution >= 4 is 31.4 Å². The third-order valence-corrected chi connectivity index (χ3v) is 6.08. The molecule has 2 heterocycles. The van der Waals surface area contributed by atoms with Crippen molar-refractivity contribution in [3.63, 3.8) is 0 Å². The van der Waals surface area contributed by atoms with Gasteiger partial charge in [0.2, 0.25) is 5.43 Å². The highest BCUT2D eigenvalue weighted by molar-refractivity contribution is 7.28. The number of carbonyl (C=O) groups excluding carboxylic acids is 1. The molecule has 1 aromatic heterocycles. The number of hydrogen-bond acceptors (Lipinski definition) is 5. The highest BCUT2D eigenvalue weighted by atomic mass is 31.0. The summed E-state index contributed by atoms with van der Waals surface area (Å²) in [5, 5.41) is 13.4. The van der Waals surface area contributed by atoms with E-state index in [1.54, 1.807) is 23.8 Å². The average Bonchev–Trinajstić information content (AvgIpc) is 2.79. The maximum absolute atomic E-state index is 14.8. The van der Waals surface area contributed by atoms with Crippen LogP contribution in [-0.4, -0.2) is 48.1 Å². The third kappa shape index (κ3) is 4.39. The fourth-order valence-electron chi connectivity index (χ4n) is 3.84. The van der Waals surface area contributed by atoms with Gasteiger partial charge in [-0.25, -0.2) is 4.39 Å². The van der Waals surface area contributed by atoms with Crippen molar-refractivity contribution in [1.82, 2.24) is 9.88 Å². The van der Waals surface area contributed by atoms with Gasteiger partial charge in [-0.15, -0.1) is 9.24 Å². The van der Waals surface area contributed by atoms with Crippen LogP contribution in [0, 0.1) is 5.82 Å². The van der Waals surface area contributed by atoms with Crippen LogP contribution in [0.4, 0.5) is 4.39 Å². The van der Waals surface area contributed by atoms with Crippen LogP contribution in [0.5, 0.6) is 5.75 Å². The fraction of sp³-hybridized carbons (Fsp3) is 0.304. The van der Waals surface area contributed by atoms with Crippen LogP contribution in [0.15, 0.2) is 47.4 Å². The minimum atomic E-state index is -0.760. The van der Waals surface area contributed by atoms with Crippen LogP contribution in [0.1, 0.15) is 22.3 Å². The summed E-state index contributed by atoms with van der Waals surface area (Å²) in [5.74, 6) is -0.506. The van der Waals surface area contributed by atoms with Crippen molar-refractivity contribution in [3.05, 3.63) is 69.8 Å². The van der Waals surface area contributed by atoms with Gasteiger partial charge in [0.15, 0.2) is 0 Å². The van der Waals surface area contributed by atoms with E-state index in [1.807, 2.05) is 12.1 Å². The van der Waals surface area contributed by atoms with Gasteiger partial charge in [-0.05, 0) is 35.5 Å². The number of nitrogens with zero attached hydrogens (tertiary/aromatic N) is 1. The lowest BCUT2D eigenvalue weighted by molar-refractivity contribution is -0.0140. The number of amides is 1. The smallest absolute Gasteiger partial charge is 0.257 e. The van der Waals surface area contributed by atoms with Gasteiger partial charge >= 0.3 is 0 Å². The molecule has 1 aliphatic rings. The number of halogens is 1.